The highest BCUT2D eigenvalue weighted by molar-refractivity contribution is 7.89. The Balaban J connectivity index is 1.68. The van der Waals surface area contributed by atoms with Crippen LogP contribution in [0.5, 0.6) is 0 Å². The van der Waals surface area contributed by atoms with Crippen LogP contribution in [0.15, 0.2) is 53.4 Å². The van der Waals surface area contributed by atoms with Crippen molar-refractivity contribution < 1.29 is 17.6 Å². The van der Waals surface area contributed by atoms with E-state index in [1.165, 1.54) is 28.6 Å². The maximum atomic E-state index is 13.3. The van der Waals surface area contributed by atoms with Crippen molar-refractivity contribution in [3.63, 3.8) is 0 Å². The van der Waals surface area contributed by atoms with E-state index in [9.17, 15) is 22.9 Å². The number of unbranched alkanes of at least 4 members (excludes halogenated alkanes) is 2. The molecule has 0 N–H and O–H groups in total. The molecule has 0 aromatic heterocycles. The Labute approximate surface area is 195 Å². The molecule has 3 rings (SSSR count). The Kier molecular flexibility index (Phi) is 8.59. The molecule has 0 aliphatic carbocycles. The number of hydrogen-bond acceptors (Lipinski definition) is 4. The molecule has 33 heavy (non-hydrogen) atoms. The lowest BCUT2D eigenvalue weighted by molar-refractivity contribution is -0.137. The van der Waals surface area contributed by atoms with Crippen LogP contribution >= 0.6 is 0 Å². The van der Waals surface area contributed by atoms with Crippen LogP contribution in [0.1, 0.15) is 50.2 Å². The molecular formula is C25H30FN3O3S. The molecule has 1 heterocycles. The summed E-state index contributed by atoms with van der Waals surface area (Å²) in [6, 6.07) is 14.3. The highest BCUT2D eigenvalue weighted by atomic mass is 32.2. The standard InChI is InChI=1S/C25H30FN3O3S/c1-2-3-6-15-28(19-20-9-11-23(26)12-10-20)25(30)21-13-16-29(17-14-21)33(31,32)24-8-5-4-7-22(24)18-27/h4-5,7-12,21H,2-3,6,13-17,19H2,1H3. The SMILES string of the molecule is CCCCCN(Cc1ccc(F)cc1)C(=O)C1CCN(S(=O)(=O)c2ccccc2C#N)CC1. The van der Waals surface area contributed by atoms with E-state index in [0.29, 0.717) is 25.9 Å². The topological polar surface area (TPSA) is 81.5 Å². The van der Waals surface area contributed by atoms with Gasteiger partial charge in [0.05, 0.1) is 10.5 Å². The number of amides is 1. The van der Waals surface area contributed by atoms with Crippen molar-refractivity contribution in [1.82, 2.24) is 9.21 Å². The third kappa shape index (κ3) is 6.18. The number of halogens is 1. The number of benzene rings is 2. The van der Waals surface area contributed by atoms with E-state index < -0.39 is 10.0 Å². The van der Waals surface area contributed by atoms with Gasteiger partial charge in [0, 0.05) is 32.1 Å². The lowest BCUT2D eigenvalue weighted by Crippen LogP contribution is -2.44. The van der Waals surface area contributed by atoms with Crippen LogP contribution in [0.3, 0.4) is 0 Å². The van der Waals surface area contributed by atoms with Gasteiger partial charge in [-0.3, -0.25) is 4.79 Å². The van der Waals surface area contributed by atoms with E-state index in [0.717, 1.165) is 24.8 Å². The molecule has 0 atom stereocenters. The molecule has 0 saturated carbocycles. The summed E-state index contributed by atoms with van der Waals surface area (Å²) in [6.45, 7) is 3.61. The first-order chi connectivity index (χ1) is 15.9. The predicted molar refractivity (Wildman–Crippen MR) is 124 cm³/mol. The second kappa shape index (κ2) is 11.4. The van der Waals surface area contributed by atoms with E-state index in [-0.39, 0.29) is 41.2 Å². The van der Waals surface area contributed by atoms with Gasteiger partial charge >= 0.3 is 0 Å². The first kappa shape index (κ1) is 24.9. The lowest BCUT2D eigenvalue weighted by atomic mass is 9.96. The van der Waals surface area contributed by atoms with Gasteiger partial charge in [0.15, 0.2) is 0 Å². The molecule has 2 aromatic rings. The fraction of sp³-hybridized carbons (Fsp3) is 0.440. The quantitative estimate of drug-likeness (QED) is 0.510. The minimum atomic E-state index is -3.79. The van der Waals surface area contributed by atoms with E-state index in [1.807, 2.05) is 11.0 Å². The summed E-state index contributed by atoms with van der Waals surface area (Å²) < 4.78 is 40.8. The largest absolute Gasteiger partial charge is 0.338 e. The second-order valence-electron chi connectivity index (χ2n) is 8.38. The summed E-state index contributed by atoms with van der Waals surface area (Å²) in [4.78, 5) is 15.2. The van der Waals surface area contributed by atoms with Gasteiger partial charge in [0.2, 0.25) is 15.9 Å². The Morgan fingerprint density at radius 3 is 2.42 bits per heavy atom. The molecule has 8 heteroatoms. The number of piperidine rings is 1. The molecule has 0 spiro atoms. The number of nitrogens with zero attached hydrogens (tertiary/aromatic N) is 3. The van der Waals surface area contributed by atoms with Crippen molar-refractivity contribution >= 4 is 15.9 Å². The Morgan fingerprint density at radius 2 is 1.79 bits per heavy atom. The summed E-state index contributed by atoms with van der Waals surface area (Å²) >= 11 is 0. The first-order valence-corrected chi connectivity index (χ1v) is 12.8. The van der Waals surface area contributed by atoms with Crippen LogP contribution in [-0.2, 0) is 21.4 Å². The van der Waals surface area contributed by atoms with E-state index in [1.54, 1.807) is 24.3 Å². The molecule has 1 amide bonds. The summed E-state index contributed by atoms with van der Waals surface area (Å²) in [6.07, 6.45) is 3.81. The molecule has 6 nitrogen and oxygen atoms in total. The van der Waals surface area contributed by atoms with Crippen molar-refractivity contribution in [2.75, 3.05) is 19.6 Å². The van der Waals surface area contributed by atoms with Gasteiger partial charge in [-0.2, -0.15) is 9.57 Å². The molecular weight excluding hydrogens is 441 g/mol. The van der Waals surface area contributed by atoms with E-state index in [2.05, 4.69) is 6.92 Å². The fourth-order valence-corrected chi connectivity index (χ4v) is 5.77. The summed E-state index contributed by atoms with van der Waals surface area (Å²) in [5, 5.41) is 9.28. The van der Waals surface area contributed by atoms with Crippen LogP contribution in [0.2, 0.25) is 0 Å². The van der Waals surface area contributed by atoms with Gasteiger partial charge in [0.1, 0.15) is 11.9 Å². The van der Waals surface area contributed by atoms with E-state index >= 15 is 0 Å². The third-order valence-electron chi connectivity index (χ3n) is 6.06. The number of nitriles is 1. The minimum Gasteiger partial charge on any atom is -0.338 e. The lowest BCUT2D eigenvalue weighted by Gasteiger charge is -2.34. The molecule has 0 radical (unpaired) electrons. The fourth-order valence-electron chi connectivity index (χ4n) is 4.15. The number of hydrogen-bond donors (Lipinski definition) is 0. The molecule has 0 unspecified atom stereocenters. The zero-order valence-corrected chi connectivity index (χ0v) is 19.7. The molecule has 1 fully saturated rings. The third-order valence-corrected chi connectivity index (χ3v) is 8.02. The minimum absolute atomic E-state index is 0.00905. The predicted octanol–water partition coefficient (Wildman–Crippen LogP) is 4.32. The van der Waals surface area contributed by atoms with Crippen LogP contribution in [0.25, 0.3) is 0 Å². The van der Waals surface area contributed by atoms with Crippen LogP contribution in [0, 0.1) is 23.1 Å². The zero-order chi connectivity index (χ0) is 23.8. The van der Waals surface area contributed by atoms with Crippen LogP contribution < -0.4 is 0 Å². The van der Waals surface area contributed by atoms with Gasteiger partial charge in [-0.1, -0.05) is 44.0 Å². The summed E-state index contributed by atoms with van der Waals surface area (Å²) in [5.41, 5.74) is 0.992. The monoisotopic (exact) mass is 471 g/mol. The number of carbonyl (C=O) groups is 1. The summed E-state index contributed by atoms with van der Waals surface area (Å²) in [7, 11) is -3.79. The number of rotatable bonds is 9. The van der Waals surface area contributed by atoms with Gasteiger partial charge in [-0.15, -0.1) is 0 Å². The van der Waals surface area contributed by atoms with Gasteiger partial charge in [0.25, 0.3) is 0 Å². The smallest absolute Gasteiger partial charge is 0.244 e. The van der Waals surface area contributed by atoms with E-state index in [4.69, 9.17) is 0 Å². The van der Waals surface area contributed by atoms with Crippen LogP contribution in [0.4, 0.5) is 4.39 Å². The normalized spacial score (nSPS) is 15.2. The van der Waals surface area contributed by atoms with Gasteiger partial charge < -0.3 is 4.90 Å². The van der Waals surface area contributed by atoms with Crippen molar-refractivity contribution in [3.05, 3.63) is 65.5 Å². The molecule has 176 valence electrons. The van der Waals surface area contributed by atoms with Crippen molar-refractivity contribution in [2.24, 2.45) is 5.92 Å². The average molecular weight is 472 g/mol. The Bertz CT molecular complexity index is 1090. The Hall–Kier alpha value is -2.76. The zero-order valence-electron chi connectivity index (χ0n) is 18.9. The highest BCUT2D eigenvalue weighted by Crippen LogP contribution is 2.27. The summed E-state index contributed by atoms with van der Waals surface area (Å²) in [5.74, 6) is -0.552. The van der Waals surface area contributed by atoms with Crippen LogP contribution in [-0.4, -0.2) is 43.2 Å². The molecule has 0 bridgehead atoms. The highest BCUT2D eigenvalue weighted by Gasteiger charge is 2.34. The van der Waals surface area contributed by atoms with Crippen molar-refractivity contribution in [1.29, 1.82) is 5.26 Å². The number of sulfonamides is 1. The molecule has 1 aliphatic rings. The van der Waals surface area contributed by atoms with Gasteiger partial charge in [-0.25, -0.2) is 12.8 Å². The van der Waals surface area contributed by atoms with Crippen molar-refractivity contribution in [2.45, 2.75) is 50.5 Å². The Morgan fingerprint density at radius 1 is 1.12 bits per heavy atom. The average Bonchev–Trinajstić information content (AvgIpc) is 2.84. The molecule has 1 saturated heterocycles. The molecule has 1 aliphatic heterocycles. The maximum Gasteiger partial charge on any atom is 0.244 e. The molecule has 2 aromatic carbocycles. The van der Waals surface area contributed by atoms with Gasteiger partial charge in [-0.05, 0) is 49.1 Å². The maximum absolute atomic E-state index is 13.3. The van der Waals surface area contributed by atoms with Crippen molar-refractivity contribution in [3.8, 4) is 6.07 Å². The first-order valence-electron chi connectivity index (χ1n) is 11.4. The second-order valence-corrected chi connectivity index (χ2v) is 10.3. The number of carbonyl (C=O) groups excluding carboxylic acids is 1.